The fourth-order valence-corrected chi connectivity index (χ4v) is 7.09. The van der Waals surface area contributed by atoms with Gasteiger partial charge >= 0.3 is 0 Å². The van der Waals surface area contributed by atoms with Crippen LogP contribution in [-0.2, 0) is 10.8 Å². The Balaban J connectivity index is 1.75. The van der Waals surface area contributed by atoms with Gasteiger partial charge in [-0.25, -0.2) is 4.21 Å². The summed E-state index contributed by atoms with van der Waals surface area (Å²) in [7, 11) is -1.21. The van der Waals surface area contributed by atoms with Crippen molar-refractivity contribution in [2.24, 2.45) is 0 Å². The predicted octanol–water partition coefficient (Wildman–Crippen LogP) is 7.84. The standard InChI is InChI=1S/C20H12Br2OS3/c21-15-5-1-13(2-6-15)17-9-11-24-19(17)26(23)20-18(10-12-25-20)14-3-7-16(22)8-4-14/h1-12H. The van der Waals surface area contributed by atoms with Crippen molar-refractivity contribution < 1.29 is 4.21 Å². The molecule has 6 heteroatoms. The molecule has 4 rings (SSSR count). The van der Waals surface area contributed by atoms with E-state index in [-0.39, 0.29) is 0 Å². The van der Waals surface area contributed by atoms with Crippen molar-refractivity contribution in [2.45, 2.75) is 8.42 Å². The van der Waals surface area contributed by atoms with Gasteiger partial charge in [-0.2, -0.15) is 0 Å². The topological polar surface area (TPSA) is 17.1 Å². The van der Waals surface area contributed by atoms with E-state index in [1.807, 2.05) is 47.2 Å². The van der Waals surface area contributed by atoms with E-state index in [2.05, 4.69) is 56.1 Å². The van der Waals surface area contributed by atoms with Gasteiger partial charge in [0.05, 0.1) is 0 Å². The van der Waals surface area contributed by atoms with Crippen LogP contribution in [0.3, 0.4) is 0 Å². The van der Waals surface area contributed by atoms with Gasteiger partial charge in [0, 0.05) is 20.1 Å². The number of benzene rings is 2. The highest BCUT2D eigenvalue weighted by Gasteiger charge is 2.20. The first-order chi connectivity index (χ1) is 12.6. The van der Waals surface area contributed by atoms with Gasteiger partial charge in [-0.15, -0.1) is 22.7 Å². The molecular formula is C20H12Br2OS3. The van der Waals surface area contributed by atoms with E-state index >= 15 is 0 Å². The molecule has 0 unspecified atom stereocenters. The van der Waals surface area contributed by atoms with Crippen LogP contribution in [0.4, 0.5) is 0 Å². The number of hydrogen-bond donors (Lipinski definition) is 0. The van der Waals surface area contributed by atoms with Crippen LogP contribution >= 0.6 is 54.5 Å². The number of hydrogen-bond acceptors (Lipinski definition) is 3. The monoisotopic (exact) mass is 522 g/mol. The van der Waals surface area contributed by atoms with Crippen LogP contribution in [0, 0.1) is 0 Å². The zero-order valence-electron chi connectivity index (χ0n) is 13.3. The zero-order valence-corrected chi connectivity index (χ0v) is 18.9. The summed E-state index contributed by atoms with van der Waals surface area (Å²) in [6.07, 6.45) is 0. The van der Waals surface area contributed by atoms with E-state index in [0.717, 1.165) is 39.6 Å². The smallest absolute Gasteiger partial charge is 0.107 e. The van der Waals surface area contributed by atoms with E-state index in [1.165, 1.54) is 0 Å². The molecule has 0 N–H and O–H groups in total. The lowest BCUT2D eigenvalue weighted by Crippen LogP contribution is -1.92. The molecule has 0 saturated carbocycles. The minimum absolute atomic E-state index is 0.896. The van der Waals surface area contributed by atoms with Crippen molar-refractivity contribution in [3.63, 3.8) is 0 Å². The number of rotatable bonds is 4. The summed E-state index contributed by atoms with van der Waals surface area (Å²) in [5.74, 6) is 0. The lowest BCUT2D eigenvalue weighted by atomic mass is 10.1. The summed E-state index contributed by atoms with van der Waals surface area (Å²) >= 11 is 10.0. The third kappa shape index (κ3) is 3.66. The molecule has 0 aliphatic heterocycles. The first-order valence-electron chi connectivity index (χ1n) is 7.72. The van der Waals surface area contributed by atoms with Crippen molar-refractivity contribution in [1.82, 2.24) is 0 Å². The molecule has 0 aliphatic rings. The minimum Gasteiger partial charge on any atom is -0.247 e. The Morgan fingerprint density at radius 1 is 0.615 bits per heavy atom. The molecule has 0 fully saturated rings. The molecule has 0 bridgehead atoms. The molecule has 0 radical (unpaired) electrons. The first-order valence-corrected chi connectivity index (χ1v) is 12.2. The van der Waals surface area contributed by atoms with E-state index in [0.29, 0.717) is 0 Å². The highest BCUT2D eigenvalue weighted by atomic mass is 79.9. The maximum Gasteiger partial charge on any atom is 0.107 e. The van der Waals surface area contributed by atoms with Crippen molar-refractivity contribution in [3.8, 4) is 22.3 Å². The van der Waals surface area contributed by atoms with Gasteiger partial charge in [0.25, 0.3) is 0 Å². The molecule has 2 heterocycles. The van der Waals surface area contributed by atoms with Gasteiger partial charge < -0.3 is 0 Å². The zero-order chi connectivity index (χ0) is 18.1. The van der Waals surface area contributed by atoms with Crippen LogP contribution < -0.4 is 0 Å². The lowest BCUT2D eigenvalue weighted by Gasteiger charge is -2.07. The molecule has 0 atom stereocenters. The van der Waals surface area contributed by atoms with Gasteiger partial charge in [0.1, 0.15) is 19.2 Å². The Kier molecular flexibility index (Phi) is 5.57. The Morgan fingerprint density at radius 2 is 1.00 bits per heavy atom. The predicted molar refractivity (Wildman–Crippen MR) is 120 cm³/mol. The molecule has 2 aromatic heterocycles. The summed E-state index contributed by atoms with van der Waals surface area (Å²) in [6.45, 7) is 0. The van der Waals surface area contributed by atoms with Crippen LogP contribution in [0.25, 0.3) is 22.3 Å². The second-order valence-electron chi connectivity index (χ2n) is 5.53. The van der Waals surface area contributed by atoms with Crippen LogP contribution in [0.15, 0.2) is 88.8 Å². The van der Waals surface area contributed by atoms with Crippen LogP contribution in [0.1, 0.15) is 0 Å². The fraction of sp³-hybridized carbons (Fsp3) is 0. The summed E-state index contributed by atoms with van der Waals surface area (Å²) < 4.78 is 17.3. The van der Waals surface area contributed by atoms with Crippen LogP contribution in [0.5, 0.6) is 0 Å². The Morgan fingerprint density at radius 3 is 1.38 bits per heavy atom. The Labute approximate surface area is 179 Å². The largest absolute Gasteiger partial charge is 0.247 e. The average molecular weight is 524 g/mol. The second-order valence-corrected chi connectivity index (χ2v) is 11.1. The van der Waals surface area contributed by atoms with E-state index in [4.69, 9.17) is 0 Å². The molecule has 2 aromatic carbocycles. The number of thiophene rings is 2. The van der Waals surface area contributed by atoms with Crippen LogP contribution in [0.2, 0.25) is 0 Å². The molecular weight excluding hydrogens is 512 g/mol. The third-order valence-corrected chi connectivity index (χ3v) is 8.98. The molecule has 0 aliphatic carbocycles. The lowest BCUT2D eigenvalue weighted by molar-refractivity contribution is 0.686. The second kappa shape index (κ2) is 7.90. The molecule has 0 spiro atoms. The Hall–Kier alpha value is -1.05. The summed E-state index contributed by atoms with van der Waals surface area (Å²) in [6, 6.07) is 20.4. The highest BCUT2D eigenvalue weighted by Crippen LogP contribution is 2.39. The van der Waals surface area contributed by atoms with Crippen LogP contribution in [-0.4, -0.2) is 4.21 Å². The minimum atomic E-state index is -1.21. The summed E-state index contributed by atoms with van der Waals surface area (Å²) in [5.41, 5.74) is 4.24. The maximum absolute atomic E-state index is 13.4. The van der Waals surface area contributed by atoms with Gasteiger partial charge in [0.2, 0.25) is 0 Å². The molecule has 130 valence electrons. The molecule has 0 saturated heterocycles. The van der Waals surface area contributed by atoms with Gasteiger partial charge in [-0.1, -0.05) is 56.1 Å². The first kappa shape index (κ1) is 18.3. The van der Waals surface area contributed by atoms with Gasteiger partial charge in [-0.05, 0) is 58.3 Å². The third-order valence-electron chi connectivity index (χ3n) is 3.91. The molecule has 4 aromatic rings. The highest BCUT2D eigenvalue weighted by molar-refractivity contribution is 9.10. The van der Waals surface area contributed by atoms with Crippen molar-refractivity contribution in [3.05, 3.63) is 80.4 Å². The molecule has 0 amide bonds. The van der Waals surface area contributed by atoms with Crippen molar-refractivity contribution >= 4 is 65.3 Å². The van der Waals surface area contributed by atoms with Gasteiger partial charge in [-0.3, -0.25) is 0 Å². The fourth-order valence-electron chi connectivity index (χ4n) is 2.65. The summed E-state index contributed by atoms with van der Waals surface area (Å²) in [4.78, 5) is 0. The summed E-state index contributed by atoms with van der Waals surface area (Å²) in [5, 5.41) is 4.02. The maximum atomic E-state index is 13.4. The van der Waals surface area contributed by atoms with E-state index in [1.54, 1.807) is 22.7 Å². The average Bonchev–Trinajstić information content (AvgIpc) is 3.32. The quantitative estimate of drug-likeness (QED) is 0.266. The van der Waals surface area contributed by atoms with Crippen molar-refractivity contribution in [2.75, 3.05) is 0 Å². The Bertz CT molecular complexity index is 977. The SMILES string of the molecule is O=S(c1sccc1-c1ccc(Br)cc1)c1sccc1-c1ccc(Br)cc1. The van der Waals surface area contributed by atoms with Gasteiger partial charge in [0.15, 0.2) is 0 Å². The number of halogens is 2. The molecule has 1 nitrogen and oxygen atoms in total. The van der Waals surface area contributed by atoms with E-state index in [9.17, 15) is 4.21 Å². The van der Waals surface area contributed by atoms with Crippen molar-refractivity contribution in [1.29, 1.82) is 0 Å². The normalized spacial score (nSPS) is 11.2. The molecule has 26 heavy (non-hydrogen) atoms. The van der Waals surface area contributed by atoms with E-state index < -0.39 is 10.8 Å².